The van der Waals surface area contributed by atoms with Gasteiger partial charge in [-0.2, -0.15) is 0 Å². The Balaban J connectivity index is 1.44. The van der Waals surface area contributed by atoms with Gasteiger partial charge in [0.05, 0.1) is 22.8 Å². The molecule has 30 heavy (non-hydrogen) atoms. The summed E-state index contributed by atoms with van der Waals surface area (Å²) in [5, 5.41) is 10.7. The number of ether oxygens (including phenoxy) is 1. The molecule has 2 aromatic heterocycles. The lowest BCUT2D eigenvalue weighted by molar-refractivity contribution is -0.124. The first-order chi connectivity index (χ1) is 14.6. The molecule has 0 bridgehead atoms. The molecule has 154 valence electrons. The van der Waals surface area contributed by atoms with E-state index in [1.807, 2.05) is 48.5 Å². The summed E-state index contributed by atoms with van der Waals surface area (Å²) >= 11 is 0. The normalized spacial score (nSPS) is 13.1. The van der Waals surface area contributed by atoms with Crippen molar-refractivity contribution in [1.29, 1.82) is 0 Å². The topological polar surface area (TPSA) is 97.7 Å². The number of carbonyl (C=O) groups excluding carboxylic acids is 1. The van der Waals surface area contributed by atoms with E-state index < -0.39 is 0 Å². The summed E-state index contributed by atoms with van der Waals surface area (Å²) in [4.78, 5) is 20.6. The third kappa shape index (κ3) is 4.32. The van der Waals surface area contributed by atoms with E-state index in [1.54, 1.807) is 17.2 Å². The molecule has 8 nitrogen and oxygen atoms in total. The highest BCUT2D eigenvalue weighted by Gasteiger charge is 2.23. The Morgan fingerprint density at radius 2 is 1.97 bits per heavy atom. The predicted molar refractivity (Wildman–Crippen MR) is 113 cm³/mol. The second-order valence-electron chi connectivity index (χ2n) is 7.23. The smallest absolute Gasteiger partial charge is 0.258 e. The zero-order valence-corrected chi connectivity index (χ0v) is 16.9. The minimum atomic E-state index is -0.221. The molecule has 0 aliphatic heterocycles. The average molecular weight is 404 g/mol. The largest absolute Gasteiger partial charge is 0.484 e. The summed E-state index contributed by atoms with van der Waals surface area (Å²) in [6, 6.07) is 15.0. The number of H-pyrrole nitrogens is 1. The fraction of sp³-hybridized carbons (Fsp3) is 0.273. The lowest BCUT2D eigenvalue weighted by Crippen LogP contribution is -2.36. The number of aromatic nitrogens is 5. The Morgan fingerprint density at radius 3 is 2.73 bits per heavy atom. The maximum absolute atomic E-state index is 12.6. The van der Waals surface area contributed by atoms with Crippen molar-refractivity contribution in [2.75, 3.05) is 6.61 Å². The lowest BCUT2D eigenvalue weighted by Gasteiger charge is -2.22. The number of imidazole rings is 1. The number of nitrogens with zero attached hydrogens (tertiary/aromatic N) is 4. The SMILES string of the molecule is CC[C@H](C)[C@H](NC(=O)COc1cccc(-n2cnnc2)c1)c1nc2ccccc2[nH]1. The second-order valence-corrected chi connectivity index (χ2v) is 7.23. The van der Waals surface area contributed by atoms with Crippen molar-refractivity contribution in [2.24, 2.45) is 5.92 Å². The van der Waals surface area contributed by atoms with Crippen LogP contribution in [0.3, 0.4) is 0 Å². The number of rotatable bonds is 8. The van der Waals surface area contributed by atoms with Crippen molar-refractivity contribution in [3.63, 3.8) is 0 Å². The van der Waals surface area contributed by atoms with Gasteiger partial charge in [-0.15, -0.1) is 10.2 Å². The van der Waals surface area contributed by atoms with Crippen LogP contribution in [0.1, 0.15) is 32.1 Å². The Hall–Kier alpha value is -3.68. The molecule has 0 spiro atoms. The van der Waals surface area contributed by atoms with Crippen LogP contribution < -0.4 is 10.1 Å². The summed E-state index contributed by atoms with van der Waals surface area (Å²) in [5.74, 6) is 1.37. The van der Waals surface area contributed by atoms with E-state index >= 15 is 0 Å². The number of aromatic amines is 1. The second kappa shape index (κ2) is 8.77. The number of carbonyl (C=O) groups is 1. The fourth-order valence-corrected chi connectivity index (χ4v) is 3.27. The van der Waals surface area contributed by atoms with Crippen LogP contribution in [-0.2, 0) is 4.79 Å². The lowest BCUT2D eigenvalue weighted by atomic mass is 9.98. The predicted octanol–water partition coefficient (Wildman–Crippen LogP) is 3.43. The third-order valence-electron chi connectivity index (χ3n) is 5.14. The summed E-state index contributed by atoms with van der Waals surface area (Å²) in [6.07, 6.45) is 4.12. The molecule has 1 amide bonds. The van der Waals surface area contributed by atoms with Gasteiger partial charge in [0.15, 0.2) is 6.61 Å². The van der Waals surface area contributed by atoms with Gasteiger partial charge in [0, 0.05) is 6.07 Å². The molecule has 2 heterocycles. The molecule has 8 heteroatoms. The number of amides is 1. The van der Waals surface area contributed by atoms with Gasteiger partial charge in [0.2, 0.25) is 0 Å². The molecule has 0 unspecified atom stereocenters. The number of hydrogen-bond donors (Lipinski definition) is 2. The number of fused-ring (bicyclic) bond motifs is 1. The summed E-state index contributed by atoms with van der Waals surface area (Å²) < 4.78 is 7.49. The van der Waals surface area contributed by atoms with Gasteiger partial charge in [-0.3, -0.25) is 9.36 Å². The van der Waals surface area contributed by atoms with Gasteiger partial charge in [-0.25, -0.2) is 4.98 Å². The van der Waals surface area contributed by atoms with Crippen molar-refractivity contribution in [3.8, 4) is 11.4 Å². The molecule has 2 N–H and O–H groups in total. The van der Waals surface area contributed by atoms with Crippen molar-refractivity contribution in [2.45, 2.75) is 26.3 Å². The molecule has 4 rings (SSSR count). The standard InChI is InChI=1S/C22H24N6O2/c1-3-15(2)21(22-25-18-9-4-5-10-19(18)26-22)27-20(29)12-30-17-8-6-7-16(11-17)28-13-23-24-14-28/h4-11,13-15,21H,3,12H2,1-2H3,(H,25,26)(H,27,29)/t15-,21-/m0/s1. The first kappa shape index (κ1) is 19.6. The van der Waals surface area contributed by atoms with Crippen LogP contribution in [0.25, 0.3) is 16.7 Å². The minimum absolute atomic E-state index is 0.0845. The van der Waals surface area contributed by atoms with Crippen LogP contribution in [-0.4, -0.2) is 37.2 Å². The molecule has 0 saturated carbocycles. The van der Waals surface area contributed by atoms with E-state index in [0.717, 1.165) is 29.0 Å². The summed E-state index contributed by atoms with van der Waals surface area (Å²) in [5.41, 5.74) is 2.70. The van der Waals surface area contributed by atoms with Gasteiger partial charge in [0.25, 0.3) is 5.91 Å². The van der Waals surface area contributed by atoms with Crippen LogP contribution in [0.5, 0.6) is 5.75 Å². The Bertz CT molecular complexity index is 1090. The highest BCUT2D eigenvalue weighted by Crippen LogP contribution is 2.24. The molecule has 4 aromatic rings. The van der Waals surface area contributed by atoms with E-state index in [-0.39, 0.29) is 24.5 Å². The average Bonchev–Trinajstić information content (AvgIpc) is 3.45. The zero-order valence-electron chi connectivity index (χ0n) is 16.9. The van der Waals surface area contributed by atoms with Gasteiger partial charge in [-0.1, -0.05) is 38.5 Å². The van der Waals surface area contributed by atoms with Crippen molar-refractivity contribution in [1.82, 2.24) is 30.0 Å². The maximum atomic E-state index is 12.6. The van der Waals surface area contributed by atoms with Crippen molar-refractivity contribution in [3.05, 3.63) is 67.0 Å². The van der Waals surface area contributed by atoms with E-state index in [4.69, 9.17) is 4.74 Å². The number of hydrogen-bond acceptors (Lipinski definition) is 5. The van der Waals surface area contributed by atoms with Gasteiger partial charge < -0.3 is 15.0 Å². The first-order valence-electron chi connectivity index (χ1n) is 9.96. The molecular weight excluding hydrogens is 380 g/mol. The molecule has 0 saturated heterocycles. The van der Waals surface area contributed by atoms with Crippen LogP contribution >= 0.6 is 0 Å². The van der Waals surface area contributed by atoms with E-state index in [2.05, 4.69) is 39.3 Å². The molecule has 0 aliphatic carbocycles. The molecule has 0 fully saturated rings. The number of para-hydroxylation sites is 2. The van der Waals surface area contributed by atoms with Crippen LogP contribution in [0, 0.1) is 5.92 Å². The third-order valence-corrected chi connectivity index (χ3v) is 5.14. The van der Waals surface area contributed by atoms with E-state index in [9.17, 15) is 4.79 Å². The molecule has 2 atom stereocenters. The minimum Gasteiger partial charge on any atom is -0.484 e. The van der Waals surface area contributed by atoms with Crippen molar-refractivity contribution < 1.29 is 9.53 Å². The van der Waals surface area contributed by atoms with E-state index in [0.29, 0.717) is 5.75 Å². The Morgan fingerprint density at radius 1 is 1.17 bits per heavy atom. The number of benzene rings is 2. The van der Waals surface area contributed by atoms with Crippen LogP contribution in [0.4, 0.5) is 0 Å². The summed E-state index contributed by atoms with van der Waals surface area (Å²) in [6.45, 7) is 4.11. The molecular formula is C22H24N6O2. The first-order valence-corrected chi connectivity index (χ1v) is 9.96. The van der Waals surface area contributed by atoms with Gasteiger partial charge in [0.1, 0.15) is 24.2 Å². The van der Waals surface area contributed by atoms with Gasteiger partial charge >= 0.3 is 0 Å². The number of nitrogens with one attached hydrogen (secondary N) is 2. The van der Waals surface area contributed by atoms with Crippen LogP contribution in [0.2, 0.25) is 0 Å². The zero-order chi connectivity index (χ0) is 20.9. The van der Waals surface area contributed by atoms with E-state index in [1.165, 1.54) is 0 Å². The van der Waals surface area contributed by atoms with Crippen LogP contribution in [0.15, 0.2) is 61.2 Å². The highest BCUT2D eigenvalue weighted by atomic mass is 16.5. The summed E-state index contributed by atoms with van der Waals surface area (Å²) in [7, 11) is 0. The molecule has 0 radical (unpaired) electrons. The van der Waals surface area contributed by atoms with Crippen molar-refractivity contribution >= 4 is 16.9 Å². The fourth-order valence-electron chi connectivity index (χ4n) is 3.27. The molecule has 0 aliphatic rings. The van der Waals surface area contributed by atoms with Gasteiger partial charge in [-0.05, 0) is 30.2 Å². The highest BCUT2D eigenvalue weighted by molar-refractivity contribution is 5.78. The molecule has 2 aromatic carbocycles. The Kier molecular flexibility index (Phi) is 5.74. The maximum Gasteiger partial charge on any atom is 0.258 e. The Labute approximate surface area is 174 Å². The quantitative estimate of drug-likeness (QED) is 0.469. The monoisotopic (exact) mass is 404 g/mol.